The van der Waals surface area contributed by atoms with Crippen LogP contribution in [0.2, 0.25) is 0 Å². The molecule has 1 rings (SSSR count). The maximum atomic E-state index is 8.28. The molecule has 1 aromatic rings. The van der Waals surface area contributed by atoms with E-state index in [-0.39, 0.29) is 0 Å². The molecule has 0 unspecified atom stereocenters. The predicted molar refractivity (Wildman–Crippen MR) is 39.8 cm³/mol. The van der Waals surface area contributed by atoms with E-state index in [4.69, 9.17) is 5.26 Å². The number of hydrogen-bond donors (Lipinski definition) is 0. The highest BCUT2D eigenvalue weighted by molar-refractivity contribution is 7.99. The summed E-state index contributed by atoms with van der Waals surface area (Å²) < 4.78 is 1.65. The molecule has 0 N–H and O–H groups in total. The molecule has 58 valence electrons. The van der Waals surface area contributed by atoms with Crippen molar-refractivity contribution in [1.82, 2.24) is 20.2 Å². The molecule has 0 spiro atoms. The summed E-state index contributed by atoms with van der Waals surface area (Å²) >= 11 is 1.34. The van der Waals surface area contributed by atoms with Crippen molar-refractivity contribution >= 4 is 11.8 Å². The molecule has 0 bridgehead atoms. The quantitative estimate of drug-likeness (QED) is 0.609. The second kappa shape index (κ2) is 3.93. The number of nitrogens with zero attached hydrogens (tertiary/aromatic N) is 5. The highest BCUT2D eigenvalue weighted by Crippen LogP contribution is 2.11. The number of rotatable bonds is 3. The third-order valence-corrected chi connectivity index (χ3v) is 1.89. The summed E-state index contributed by atoms with van der Waals surface area (Å²) in [4.78, 5) is 0. The molecule has 0 amide bonds. The van der Waals surface area contributed by atoms with Gasteiger partial charge in [0.15, 0.2) is 0 Å². The molecule has 0 saturated carbocycles. The topological polar surface area (TPSA) is 67.4 Å². The maximum absolute atomic E-state index is 8.28. The Morgan fingerprint density at radius 2 is 2.55 bits per heavy atom. The summed E-state index contributed by atoms with van der Waals surface area (Å²) in [7, 11) is 0. The fraction of sp³-hybridized carbons (Fsp3) is 0.600. The second-order valence-electron chi connectivity index (χ2n) is 1.72. The van der Waals surface area contributed by atoms with E-state index in [1.165, 1.54) is 11.8 Å². The lowest BCUT2D eigenvalue weighted by Crippen LogP contribution is -1.98. The average molecular weight is 169 g/mol. The lowest BCUT2D eigenvalue weighted by atomic mass is 10.8. The molecule has 0 saturated heterocycles. The molecule has 1 heterocycles. The minimum absolute atomic E-state index is 0.389. The Labute approximate surface area is 68.4 Å². The SMILES string of the molecule is CCn1nnnc1SCC#N. The Morgan fingerprint density at radius 1 is 1.73 bits per heavy atom. The van der Waals surface area contributed by atoms with Crippen LogP contribution < -0.4 is 0 Å². The summed E-state index contributed by atoms with van der Waals surface area (Å²) in [6.07, 6.45) is 0. The normalized spacial score (nSPS) is 9.45. The van der Waals surface area contributed by atoms with Gasteiger partial charge >= 0.3 is 0 Å². The van der Waals surface area contributed by atoms with Crippen LogP contribution in [-0.2, 0) is 6.54 Å². The Kier molecular flexibility index (Phi) is 2.86. The van der Waals surface area contributed by atoms with Crippen molar-refractivity contribution in [3.05, 3.63) is 0 Å². The Bertz CT molecular complexity index is 262. The van der Waals surface area contributed by atoms with Crippen LogP contribution in [0.5, 0.6) is 0 Å². The summed E-state index contributed by atoms with van der Waals surface area (Å²) in [5.41, 5.74) is 0. The number of thioether (sulfide) groups is 1. The molecule has 0 radical (unpaired) electrons. The molecule has 0 aromatic carbocycles. The smallest absolute Gasteiger partial charge is 0.210 e. The Hall–Kier alpha value is -1.09. The highest BCUT2D eigenvalue weighted by Gasteiger charge is 2.02. The van der Waals surface area contributed by atoms with Crippen molar-refractivity contribution in [3.63, 3.8) is 0 Å². The zero-order chi connectivity index (χ0) is 8.10. The van der Waals surface area contributed by atoms with Crippen molar-refractivity contribution in [1.29, 1.82) is 5.26 Å². The van der Waals surface area contributed by atoms with E-state index in [2.05, 4.69) is 15.5 Å². The van der Waals surface area contributed by atoms with Gasteiger partial charge in [-0.2, -0.15) is 5.26 Å². The number of tetrazole rings is 1. The van der Waals surface area contributed by atoms with Gasteiger partial charge in [0, 0.05) is 6.54 Å². The first-order chi connectivity index (χ1) is 5.38. The van der Waals surface area contributed by atoms with Gasteiger partial charge in [0.1, 0.15) is 0 Å². The van der Waals surface area contributed by atoms with Gasteiger partial charge in [-0.3, -0.25) is 0 Å². The second-order valence-corrected chi connectivity index (χ2v) is 2.67. The van der Waals surface area contributed by atoms with E-state index in [1.54, 1.807) is 4.68 Å². The van der Waals surface area contributed by atoms with E-state index in [1.807, 2.05) is 13.0 Å². The van der Waals surface area contributed by atoms with Crippen LogP contribution in [0.4, 0.5) is 0 Å². The first-order valence-corrected chi connectivity index (χ1v) is 4.13. The summed E-state index contributed by atoms with van der Waals surface area (Å²) in [5.74, 6) is 0.389. The van der Waals surface area contributed by atoms with Crippen molar-refractivity contribution in [2.45, 2.75) is 18.6 Å². The van der Waals surface area contributed by atoms with Crippen LogP contribution in [0.15, 0.2) is 5.16 Å². The summed E-state index contributed by atoms with van der Waals surface area (Å²) in [6.45, 7) is 2.69. The van der Waals surface area contributed by atoms with Gasteiger partial charge in [-0.1, -0.05) is 11.8 Å². The van der Waals surface area contributed by atoms with Gasteiger partial charge < -0.3 is 0 Å². The van der Waals surface area contributed by atoms with Crippen LogP contribution >= 0.6 is 11.8 Å². The third-order valence-electron chi connectivity index (χ3n) is 1.06. The molecule has 0 aliphatic rings. The van der Waals surface area contributed by atoms with Gasteiger partial charge in [0.05, 0.1) is 11.8 Å². The van der Waals surface area contributed by atoms with E-state index in [0.29, 0.717) is 10.9 Å². The number of hydrogen-bond acceptors (Lipinski definition) is 5. The van der Waals surface area contributed by atoms with E-state index in [0.717, 1.165) is 6.54 Å². The van der Waals surface area contributed by atoms with E-state index < -0.39 is 0 Å². The predicted octanol–water partition coefficient (Wildman–Crippen LogP) is 0.309. The van der Waals surface area contributed by atoms with Gasteiger partial charge in [0.25, 0.3) is 0 Å². The Morgan fingerprint density at radius 3 is 3.18 bits per heavy atom. The average Bonchev–Trinajstić information content (AvgIpc) is 2.47. The fourth-order valence-corrected chi connectivity index (χ4v) is 1.20. The van der Waals surface area contributed by atoms with Crippen molar-refractivity contribution in [2.24, 2.45) is 0 Å². The summed E-state index contributed by atoms with van der Waals surface area (Å²) in [6, 6.07) is 2.01. The van der Waals surface area contributed by atoms with Crippen LogP contribution in [0.25, 0.3) is 0 Å². The molecule has 6 heteroatoms. The fourth-order valence-electron chi connectivity index (χ4n) is 0.595. The third kappa shape index (κ3) is 1.91. The number of aromatic nitrogens is 4. The van der Waals surface area contributed by atoms with E-state index >= 15 is 0 Å². The molecule has 5 nitrogen and oxygen atoms in total. The minimum Gasteiger partial charge on any atom is -0.221 e. The van der Waals surface area contributed by atoms with Crippen LogP contribution in [0, 0.1) is 11.3 Å². The zero-order valence-electron chi connectivity index (χ0n) is 6.06. The standard InChI is InChI=1S/C5H7N5S/c1-2-10-5(7-8-9-10)11-4-3-6/h2,4H2,1H3. The van der Waals surface area contributed by atoms with Crippen molar-refractivity contribution in [2.75, 3.05) is 5.75 Å². The van der Waals surface area contributed by atoms with Crippen LogP contribution in [0.1, 0.15) is 6.92 Å². The van der Waals surface area contributed by atoms with Gasteiger partial charge in [0.2, 0.25) is 5.16 Å². The van der Waals surface area contributed by atoms with Gasteiger partial charge in [-0.05, 0) is 17.4 Å². The molecule has 0 fully saturated rings. The van der Waals surface area contributed by atoms with E-state index in [9.17, 15) is 0 Å². The molecular formula is C5H7N5S. The highest BCUT2D eigenvalue weighted by atomic mass is 32.2. The van der Waals surface area contributed by atoms with Gasteiger partial charge in [-0.25, -0.2) is 4.68 Å². The first kappa shape index (κ1) is 8.01. The molecule has 11 heavy (non-hydrogen) atoms. The minimum atomic E-state index is 0.389. The van der Waals surface area contributed by atoms with Gasteiger partial charge in [-0.15, -0.1) is 5.10 Å². The lowest BCUT2D eigenvalue weighted by molar-refractivity contribution is 0.581. The number of aryl methyl sites for hydroxylation is 1. The number of nitriles is 1. The van der Waals surface area contributed by atoms with Crippen molar-refractivity contribution in [3.8, 4) is 6.07 Å². The van der Waals surface area contributed by atoms with Crippen LogP contribution in [0.3, 0.4) is 0 Å². The first-order valence-electron chi connectivity index (χ1n) is 3.14. The monoisotopic (exact) mass is 169 g/mol. The molecule has 1 aromatic heterocycles. The molecule has 0 aliphatic carbocycles. The summed E-state index contributed by atoms with van der Waals surface area (Å²) in [5, 5.41) is 19.9. The van der Waals surface area contributed by atoms with Crippen molar-refractivity contribution < 1.29 is 0 Å². The van der Waals surface area contributed by atoms with Crippen LogP contribution in [-0.4, -0.2) is 26.0 Å². The molecular weight excluding hydrogens is 162 g/mol. The molecule has 0 aliphatic heterocycles. The largest absolute Gasteiger partial charge is 0.221 e. The Balaban J connectivity index is 2.62. The maximum Gasteiger partial charge on any atom is 0.210 e. The molecule has 0 atom stereocenters. The zero-order valence-corrected chi connectivity index (χ0v) is 6.88. The lowest BCUT2D eigenvalue weighted by Gasteiger charge is -1.95.